The maximum Gasteiger partial charge on any atom is 0.491 e. The second kappa shape index (κ2) is 7.91. The molecule has 25 heavy (non-hydrogen) atoms. The van der Waals surface area contributed by atoms with Gasteiger partial charge in [-0.2, -0.15) is 0 Å². The van der Waals surface area contributed by atoms with E-state index >= 15 is 0 Å². The Labute approximate surface area is 158 Å². The summed E-state index contributed by atoms with van der Waals surface area (Å²) < 4.78 is 11.6. The predicted octanol–water partition coefficient (Wildman–Crippen LogP) is 3.63. The van der Waals surface area contributed by atoms with Crippen molar-refractivity contribution in [1.82, 2.24) is 0 Å². The van der Waals surface area contributed by atoms with E-state index in [1.54, 1.807) is 33.8 Å². The van der Waals surface area contributed by atoms with Gasteiger partial charge < -0.3 is 19.5 Å². The number of rotatable bonds is 7. The molecule has 0 fully saturated rings. The summed E-state index contributed by atoms with van der Waals surface area (Å²) in [7, 11) is -1.15. The molecule has 0 aliphatic rings. The molecule has 0 aromatic heterocycles. The fourth-order valence-electron chi connectivity index (χ4n) is 2.06. The molecular formula is C19H24BBrO4. The average Bonchev–Trinajstić information content (AvgIpc) is 2.54. The molecule has 0 amide bonds. The molecule has 0 radical (unpaired) electrons. The summed E-state index contributed by atoms with van der Waals surface area (Å²) >= 11 is 3.46. The Morgan fingerprint density at radius 1 is 1.04 bits per heavy atom. The highest BCUT2D eigenvalue weighted by Gasteiger charge is 2.39. The standard InChI is InChI=1S/C19H24BBrO4/c1-18(2,22)19(3,4)25-20(23)15-10-11-17(14(12-15)13-21)24-16-8-6-5-7-9-16/h5-12,22-23H,13H2,1-4H3. The van der Waals surface area contributed by atoms with Crippen LogP contribution in [0, 0.1) is 0 Å². The predicted molar refractivity (Wildman–Crippen MR) is 105 cm³/mol. The molecule has 0 aliphatic carbocycles. The zero-order valence-corrected chi connectivity index (χ0v) is 16.6. The number of aliphatic hydroxyl groups is 1. The highest BCUT2D eigenvalue weighted by molar-refractivity contribution is 9.08. The maximum absolute atomic E-state index is 10.4. The van der Waals surface area contributed by atoms with Gasteiger partial charge in [-0.3, -0.25) is 0 Å². The first kappa shape index (κ1) is 20.0. The minimum absolute atomic E-state index is 0.574. The van der Waals surface area contributed by atoms with Crippen molar-refractivity contribution in [1.29, 1.82) is 0 Å². The van der Waals surface area contributed by atoms with Crippen LogP contribution in [0.2, 0.25) is 0 Å². The lowest BCUT2D eigenvalue weighted by Gasteiger charge is -2.38. The number of benzene rings is 2. The van der Waals surface area contributed by atoms with Crippen molar-refractivity contribution in [2.24, 2.45) is 0 Å². The minimum atomic E-state index is -1.15. The van der Waals surface area contributed by atoms with E-state index in [1.807, 2.05) is 42.5 Å². The van der Waals surface area contributed by atoms with Gasteiger partial charge in [-0.05, 0) is 51.4 Å². The third-order valence-corrected chi connectivity index (χ3v) is 4.97. The van der Waals surface area contributed by atoms with Crippen LogP contribution in [0.25, 0.3) is 0 Å². The number of alkyl halides is 1. The van der Waals surface area contributed by atoms with Gasteiger partial charge in [0.2, 0.25) is 0 Å². The fraction of sp³-hybridized carbons (Fsp3) is 0.368. The second-order valence-electron chi connectivity index (χ2n) is 6.96. The first-order chi connectivity index (χ1) is 11.6. The van der Waals surface area contributed by atoms with Gasteiger partial charge in [-0.15, -0.1) is 0 Å². The Morgan fingerprint density at radius 3 is 2.24 bits per heavy atom. The van der Waals surface area contributed by atoms with E-state index in [0.29, 0.717) is 16.5 Å². The molecule has 0 saturated carbocycles. The van der Waals surface area contributed by atoms with Crippen LogP contribution in [0.5, 0.6) is 11.5 Å². The summed E-state index contributed by atoms with van der Waals surface area (Å²) in [5.41, 5.74) is -0.514. The molecule has 0 saturated heterocycles. The van der Waals surface area contributed by atoms with Crippen molar-refractivity contribution < 1.29 is 19.5 Å². The van der Waals surface area contributed by atoms with Crippen molar-refractivity contribution in [2.75, 3.05) is 0 Å². The fourth-order valence-corrected chi connectivity index (χ4v) is 2.50. The van der Waals surface area contributed by atoms with Gasteiger partial charge in [-0.25, -0.2) is 0 Å². The van der Waals surface area contributed by atoms with Crippen molar-refractivity contribution in [3.8, 4) is 11.5 Å². The third-order valence-electron chi connectivity index (χ3n) is 4.36. The number of halogens is 1. The van der Waals surface area contributed by atoms with Crippen LogP contribution in [0.1, 0.15) is 33.3 Å². The lowest BCUT2D eigenvalue weighted by atomic mass is 9.76. The molecule has 2 aromatic carbocycles. The number of para-hydroxylation sites is 1. The Bertz CT molecular complexity index is 698. The number of hydrogen-bond donors (Lipinski definition) is 2. The zero-order chi connectivity index (χ0) is 18.7. The first-order valence-corrected chi connectivity index (χ1v) is 9.26. The van der Waals surface area contributed by atoms with E-state index in [4.69, 9.17) is 9.39 Å². The minimum Gasteiger partial charge on any atom is -0.457 e. The van der Waals surface area contributed by atoms with Crippen LogP contribution in [0.4, 0.5) is 0 Å². The van der Waals surface area contributed by atoms with Crippen LogP contribution in [-0.2, 0) is 9.98 Å². The van der Waals surface area contributed by atoms with Crippen LogP contribution in [0.15, 0.2) is 48.5 Å². The normalized spacial score (nSPS) is 12.1. The SMILES string of the molecule is CC(C)(O)C(C)(C)OB(O)c1ccc(Oc2ccccc2)c(CBr)c1. The van der Waals surface area contributed by atoms with Crippen LogP contribution < -0.4 is 10.2 Å². The third kappa shape index (κ3) is 5.08. The Kier molecular flexibility index (Phi) is 6.33. The number of ether oxygens (including phenoxy) is 1. The van der Waals surface area contributed by atoms with E-state index in [-0.39, 0.29) is 0 Å². The lowest BCUT2D eigenvalue weighted by molar-refractivity contribution is -0.0982. The van der Waals surface area contributed by atoms with E-state index in [1.165, 1.54) is 0 Å². The monoisotopic (exact) mass is 406 g/mol. The second-order valence-corrected chi connectivity index (χ2v) is 7.52. The highest BCUT2D eigenvalue weighted by atomic mass is 79.9. The molecule has 2 rings (SSSR count). The zero-order valence-electron chi connectivity index (χ0n) is 15.0. The largest absolute Gasteiger partial charge is 0.491 e. The maximum atomic E-state index is 10.4. The molecule has 0 unspecified atom stereocenters. The number of hydrogen-bond acceptors (Lipinski definition) is 4. The molecule has 0 atom stereocenters. The molecular weight excluding hydrogens is 383 g/mol. The van der Waals surface area contributed by atoms with E-state index < -0.39 is 18.3 Å². The van der Waals surface area contributed by atoms with Gasteiger partial charge in [0.25, 0.3) is 0 Å². The van der Waals surface area contributed by atoms with Crippen molar-refractivity contribution in [3.63, 3.8) is 0 Å². The molecule has 4 nitrogen and oxygen atoms in total. The quantitative estimate of drug-likeness (QED) is 0.544. The molecule has 2 aromatic rings. The summed E-state index contributed by atoms with van der Waals surface area (Å²) in [6, 6.07) is 14.9. The van der Waals surface area contributed by atoms with Crippen LogP contribution >= 0.6 is 15.9 Å². The Morgan fingerprint density at radius 2 is 1.68 bits per heavy atom. The van der Waals surface area contributed by atoms with Gasteiger partial charge in [0, 0.05) is 10.9 Å². The van der Waals surface area contributed by atoms with E-state index in [0.717, 1.165) is 11.3 Å². The van der Waals surface area contributed by atoms with E-state index in [9.17, 15) is 10.1 Å². The summed E-state index contributed by atoms with van der Waals surface area (Å²) in [6.45, 7) is 6.80. The van der Waals surface area contributed by atoms with Crippen LogP contribution in [0.3, 0.4) is 0 Å². The molecule has 134 valence electrons. The molecule has 6 heteroatoms. The van der Waals surface area contributed by atoms with Gasteiger partial charge in [-0.1, -0.05) is 46.3 Å². The Hall–Kier alpha value is -1.34. The topological polar surface area (TPSA) is 58.9 Å². The summed E-state index contributed by atoms with van der Waals surface area (Å²) in [4.78, 5) is 0. The van der Waals surface area contributed by atoms with Gasteiger partial charge >= 0.3 is 7.12 Å². The summed E-state index contributed by atoms with van der Waals surface area (Å²) in [5, 5.41) is 21.2. The molecule has 2 N–H and O–H groups in total. The average molecular weight is 407 g/mol. The van der Waals surface area contributed by atoms with Gasteiger partial charge in [0.1, 0.15) is 11.5 Å². The Balaban J connectivity index is 2.20. The van der Waals surface area contributed by atoms with E-state index in [2.05, 4.69) is 15.9 Å². The highest BCUT2D eigenvalue weighted by Crippen LogP contribution is 2.28. The molecule has 0 heterocycles. The van der Waals surface area contributed by atoms with Gasteiger partial charge in [0.15, 0.2) is 0 Å². The van der Waals surface area contributed by atoms with Crippen LogP contribution in [-0.4, -0.2) is 28.5 Å². The van der Waals surface area contributed by atoms with Crippen molar-refractivity contribution in [3.05, 3.63) is 54.1 Å². The molecule has 0 aliphatic heterocycles. The summed E-state index contributed by atoms with van der Waals surface area (Å²) in [5.74, 6) is 1.46. The van der Waals surface area contributed by atoms with Crippen molar-refractivity contribution in [2.45, 2.75) is 44.2 Å². The molecule has 0 bridgehead atoms. The molecule has 0 spiro atoms. The van der Waals surface area contributed by atoms with Gasteiger partial charge in [0.05, 0.1) is 11.2 Å². The first-order valence-electron chi connectivity index (χ1n) is 8.14. The van der Waals surface area contributed by atoms with Crippen molar-refractivity contribution >= 4 is 28.5 Å². The lowest BCUT2D eigenvalue weighted by Crippen LogP contribution is -2.53. The smallest absolute Gasteiger partial charge is 0.457 e. The summed E-state index contributed by atoms with van der Waals surface area (Å²) in [6.07, 6.45) is 0.